The first kappa shape index (κ1) is 23.0. The second kappa shape index (κ2) is 10.2. The van der Waals surface area contributed by atoms with Gasteiger partial charge in [0.2, 0.25) is 0 Å². The fourth-order valence-corrected chi connectivity index (χ4v) is 4.01. The number of carbonyl (C=O) groups is 2. The Morgan fingerprint density at radius 3 is 2.50 bits per heavy atom. The minimum absolute atomic E-state index is 0.0340. The molecule has 34 heavy (non-hydrogen) atoms. The highest BCUT2D eigenvalue weighted by Gasteiger charge is 2.46. The van der Waals surface area contributed by atoms with Crippen molar-refractivity contribution in [2.24, 2.45) is 0 Å². The number of Topliss-reactive ketones (excluding diaryl/α,β-unsaturated/α-hetero) is 1. The van der Waals surface area contributed by atoms with Crippen LogP contribution >= 0.6 is 0 Å². The van der Waals surface area contributed by atoms with Gasteiger partial charge in [0.15, 0.2) is 0 Å². The fraction of sp³-hybridized carbons (Fsp3) is 0.222. The summed E-state index contributed by atoms with van der Waals surface area (Å²) >= 11 is 0. The highest BCUT2D eigenvalue weighted by Crippen LogP contribution is 2.40. The molecule has 1 atom stereocenters. The van der Waals surface area contributed by atoms with Gasteiger partial charge in [-0.2, -0.15) is 0 Å². The normalized spacial score (nSPS) is 17.1. The van der Waals surface area contributed by atoms with E-state index < -0.39 is 17.7 Å². The van der Waals surface area contributed by atoms with Crippen LogP contribution in [-0.4, -0.2) is 40.4 Å². The number of hydrogen-bond donors (Lipinski definition) is 1. The van der Waals surface area contributed by atoms with Crippen molar-refractivity contribution in [3.8, 4) is 11.5 Å². The molecule has 0 spiro atoms. The largest absolute Gasteiger partial charge is 0.507 e. The maximum Gasteiger partial charge on any atom is 0.295 e. The third kappa shape index (κ3) is 4.64. The monoisotopic (exact) mass is 458 g/mol. The SMILES string of the molecule is CCCOc1cccc(/C(O)=C2/C(=O)C(=O)N(Cc3cccc(OC)c3)C2c2ccncc2)c1. The Morgan fingerprint density at radius 2 is 1.76 bits per heavy atom. The number of pyridine rings is 1. The molecule has 2 heterocycles. The predicted octanol–water partition coefficient (Wildman–Crippen LogP) is 4.50. The van der Waals surface area contributed by atoms with Crippen molar-refractivity contribution >= 4 is 17.4 Å². The topological polar surface area (TPSA) is 89.0 Å². The van der Waals surface area contributed by atoms with Crippen LogP contribution in [0.2, 0.25) is 0 Å². The van der Waals surface area contributed by atoms with Gasteiger partial charge in [0, 0.05) is 24.5 Å². The summed E-state index contributed by atoms with van der Waals surface area (Å²) in [6, 6.07) is 16.9. The lowest BCUT2D eigenvalue weighted by Crippen LogP contribution is -2.29. The second-order valence-corrected chi connectivity index (χ2v) is 7.94. The van der Waals surface area contributed by atoms with Crippen molar-refractivity contribution in [1.29, 1.82) is 0 Å². The van der Waals surface area contributed by atoms with Crippen LogP contribution in [0.1, 0.15) is 36.1 Å². The summed E-state index contributed by atoms with van der Waals surface area (Å²) in [6.07, 6.45) is 4.04. The number of amides is 1. The van der Waals surface area contributed by atoms with Crippen molar-refractivity contribution in [3.05, 3.63) is 95.3 Å². The Bertz CT molecular complexity index is 1220. The van der Waals surface area contributed by atoms with E-state index in [4.69, 9.17) is 9.47 Å². The Kier molecular flexibility index (Phi) is 6.92. The zero-order valence-electron chi connectivity index (χ0n) is 19.1. The van der Waals surface area contributed by atoms with Crippen molar-refractivity contribution in [2.45, 2.75) is 25.9 Å². The van der Waals surface area contributed by atoms with Gasteiger partial charge < -0.3 is 19.5 Å². The number of carbonyl (C=O) groups excluding carboxylic acids is 2. The number of aromatic nitrogens is 1. The van der Waals surface area contributed by atoms with Crippen LogP contribution in [0.15, 0.2) is 78.6 Å². The van der Waals surface area contributed by atoms with Gasteiger partial charge in [-0.3, -0.25) is 14.6 Å². The number of ether oxygens (including phenoxy) is 2. The third-order valence-electron chi connectivity index (χ3n) is 5.63. The smallest absolute Gasteiger partial charge is 0.295 e. The number of rotatable bonds is 8. The molecule has 1 unspecified atom stereocenters. The maximum absolute atomic E-state index is 13.2. The second-order valence-electron chi connectivity index (χ2n) is 7.94. The average molecular weight is 459 g/mol. The molecular weight excluding hydrogens is 432 g/mol. The Labute approximate surface area is 198 Å². The number of ketones is 1. The average Bonchev–Trinajstić information content (AvgIpc) is 3.12. The van der Waals surface area contributed by atoms with Gasteiger partial charge in [0.25, 0.3) is 11.7 Å². The van der Waals surface area contributed by atoms with Crippen LogP contribution in [0.25, 0.3) is 5.76 Å². The quantitative estimate of drug-likeness (QED) is 0.304. The van der Waals surface area contributed by atoms with Crippen LogP contribution in [0.3, 0.4) is 0 Å². The summed E-state index contributed by atoms with van der Waals surface area (Å²) in [5, 5.41) is 11.2. The standard InChI is InChI=1S/C27H26N2O5/c1-3-14-34-22-9-5-7-20(16-22)25(30)23-24(19-10-12-28-13-11-19)29(27(32)26(23)31)17-18-6-4-8-21(15-18)33-2/h4-13,15-16,24,30H,3,14,17H2,1-2H3/b25-23-. The summed E-state index contributed by atoms with van der Waals surface area (Å²) < 4.78 is 11.0. The number of likely N-dealkylation sites (tertiary alicyclic amines) is 1. The Balaban J connectivity index is 1.79. The molecule has 7 heteroatoms. The van der Waals surface area contributed by atoms with Gasteiger partial charge in [0.1, 0.15) is 17.3 Å². The van der Waals surface area contributed by atoms with Crippen LogP contribution < -0.4 is 9.47 Å². The van der Waals surface area contributed by atoms with Crippen molar-refractivity contribution in [2.75, 3.05) is 13.7 Å². The van der Waals surface area contributed by atoms with Crippen LogP contribution in [0, 0.1) is 0 Å². The van der Waals surface area contributed by atoms with Crippen LogP contribution in [-0.2, 0) is 16.1 Å². The zero-order valence-corrected chi connectivity index (χ0v) is 19.1. The number of benzene rings is 2. The van der Waals surface area contributed by atoms with E-state index in [1.807, 2.05) is 31.2 Å². The molecule has 0 bridgehead atoms. The number of methoxy groups -OCH3 is 1. The van der Waals surface area contributed by atoms with E-state index in [2.05, 4.69) is 4.98 Å². The highest BCUT2D eigenvalue weighted by molar-refractivity contribution is 6.46. The zero-order chi connectivity index (χ0) is 24.1. The summed E-state index contributed by atoms with van der Waals surface area (Å²) in [5.41, 5.74) is 1.92. The number of hydrogen-bond acceptors (Lipinski definition) is 6. The number of aliphatic hydroxyl groups is 1. The molecule has 7 nitrogen and oxygen atoms in total. The highest BCUT2D eigenvalue weighted by atomic mass is 16.5. The number of aliphatic hydroxyl groups excluding tert-OH is 1. The lowest BCUT2D eigenvalue weighted by Gasteiger charge is -2.25. The van der Waals surface area contributed by atoms with E-state index >= 15 is 0 Å². The van der Waals surface area contributed by atoms with Gasteiger partial charge in [0.05, 0.1) is 25.3 Å². The molecule has 1 fully saturated rings. The van der Waals surface area contributed by atoms with Gasteiger partial charge in [-0.25, -0.2) is 0 Å². The molecule has 1 N–H and O–H groups in total. The summed E-state index contributed by atoms with van der Waals surface area (Å²) in [6.45, 7) is 2.71. The maximum atomic E-state index is 13.2. The van der Waals surface area contributed by atoms with Crippen LogP contribution in [0.4, 0.5) is 0 Å². The Hall–Kier alpha value is -4.13. The third-order valence-corrected chi connectivity index (χ3v) is 5.63. The minimum Gasteiger partial charge on any atom is -0.507 e. The van der Waals surface area contributed by atoms with E-state index in [1.165, 1.54) is 4.90 Å². The van der Waals surface area contributed by atoms with E-state index in [1.54, 1.807) is 55.9 Å². The molecule has 1 aromatic heterocycles. The first-order valence-electron chi connectivity index (χ1n) is 11.1. The van der Waals surface area contributed by atoms with E-state index in [0.29, 0.717) is 29.2 Å². The molecule has 2 aromatic carbocycles. The van der Waals surface area contributed by atoms with Gasteiger partial charge in [-0.15, -0.1) is 0 Å². The molecule has 1 aliphatic heterocycles. The molecule has 4 rings (SSSR count). The lowest BCUT2D eigenvalue weighted by atomic mass is 9.95. The van der Waals surface area contributed by atoms with E-state index in [0.717, 1.165) is 12.0 Å². The molecule has 0 aliphatic carbocycles. The van der Waals surface area contributed by atoms with Gasteiger partial charge in [-0.05, 0) is 53.9 Å². The van der Waals surface area contributed by atoms with E-state index in [9.17, 15) is 14.7 Å². The predicted molar refractivity (Wildman–Crippen MR) is 127 cm³/mol. The molecule has 0 radical (unpaired) electrons. The molecule has 3 aromatic rings. The van der Waals surface area contributed by atoms with Crippen molar-refractivity contribution in [1.82, 2.24) is 9.88 Å². The first-order chi connectivity index (χ1) is 16.5. The summed E-state index contributed by atoms with van der Waals surface area (Å²) in [7, 11) is 1.57. The van der Waals surface area contributed by atoms with Gasteiger partial charge in [-0.1, -0.05) is 31.2 Å². The molecular formula is C27H26N2O5. The lowest BCUT2D eigenvalue weighted by molar-refractivity contribution is -0.140. The molecule has 1 aliphatic rings. The Morgan fingerprint density at radius 1 is 1.03 bits per heavy atom. The van der Waals surface area contributed by atoms with E-state index in [-0.39, 0.29) is 17.9 Å². The van der Waals surface area contributed by atoms with Gasteiger partial charge >= 0.3 is 0 Å². The summed E-state index contributed by atoms with van der Waals surface area (Å²) in [4.78, 5) is 31.9. The van der Waals surface area contributed by atoms with Crippen LogP contribution in [0.5, 0.6) is 11.5 Å². The minimum atomic E-state index is -0.769. The molecule has 174 valence electrons. The fourth-order valence-electron chi connectivity index (χ4n) is 4.01. The molecule has 1 saturated heterocycles. The molecule has 0 saturated carbocycles. The summed E-state index contributed by atoms with van der Waals surface area (Å²) in [5.74, 6) is -0.419. The number of nitrogens with zero attached hydrogens (tertiary/aromatic N) is 2. The van der Waals surface area contributed by atoms with Crippen molar-refractivity contribution < 1.29 is 24.2 Å². The van der Waals surface area contributed by atoms with Crippen molar-refractivity contribution in [3.63, 3.8) is 0 Å². The first-order valence-corrected chi connectivity index (χ1v) is 11.1. The molecule has 1 amide bonds.